The zero-order chi connectivity index (χ0) is 17.9. The van der Waals surface area contributed by atoms with Crippen LogP contribution in [0.25, 0.3) is 0 Å². The molecule has 0 unspecified atom stereocenters. The van der Waals surface area contributed by atoms with Gasteiger partial charge in [-0.25, -0.2) is 0 Å². The molecule has 0 N–H and O–H groups in total. The Bertz CT molecular complexity index is 603. The molecule has 0 aliphatic carbocycles. The predicted molar refractivity (Wildman–Crippen MR) is 119 cm³/mol. The van der Waals surface area contributed by atoms with Crippen molar-refractivity contribution in [2.75, 3.05) is 0 Å². The number of hydrogen-bond donors (Lipinski definition) is 0. The van der Waals surface area contributed by atoms with Crippen LogP contribution >= 0.6 is 47.8 Å². The maximum atomic E-state index is 4.91. The fourth-order valence-corrected chi connectivity index (χ4v) is 2.63. The van der Waals surface area contributed by atoms with Crippen LogP contribution in [-0.2, 0) is 37.9 Å². The Labute approximate surface area is 229 Å². The number of rotatable bonds is 0. The first-order chi connectivity index (χ1) is 11.4. The maximum absolute atomic E-state index is 4.91. The second-order valence-electron chi connectivity index (χ2n) is 4.29. The molecule has 0 saturated carbocycles. The summed E-state index contributed by atoms with van der Waals surface area (Å²) in [4.78, 5) is 2.60. The first-order valence-corrected chi connectivity index (χ1v) is 10.3. The maximum Gasteiger partial charge on any atom is 3.00 e. The molecular weight excluding hydrogens is 725 g/mol. The van der Waals surface area contributed by atoms with Crippen LogP contribution in [0.5, 0.6) is 0 Å². The van der Waals surface area contributed by atoms with E-state index in [9.17, 15) is 0 Å². The van der Waals surface area contributed by atoms with Crippen LogP contribution in [-0.4, -0.2) is 0 Å². The van der Waals surface area contributed by atoms with Gasteiger partial charge in [0, 0.05) is 0 Å². The van der Waals surface area contributed by atoms with Gasteiger partial charge in [0.1, 0.15) is 0 Å². The van der Waals surface area contributed by atoms with Gasteiger partial charge in [-0.1, -0.05) is 102 Å². The summed E-state index contributed by atoms with van der Waals surface area (Å²) < 4.78 is 2.99. The van der Waals surface area contributed by atoms with Gasteiger partial charge in [0.25, 0.3) is 0 Å². The molecule has 0 aromatic heterocycles. The third-order valence-corrected chi connectivity index (χ3v) is 6.44. The van der Waals surface area contributed by atoms with Crippen LogP contribution in [0, 0.1) is 46.9 Å². The van der Waals surface area contributed by atoms with E-state index >= 15 is 0 Å². The Morgan fingerprint density at radius 2 is 0.640 bits per heavy atom. The number of benzene rings is 3. The summed E-state index contributed by atoms with van der Waals surface area (Å²) in [5.74, 6) is 0. The Kier molecular flexibility index (Phi) is 16.0. The van der Waals surface area contributed by atoms with Gasteiger partial charge in [0.15, 0.2) is 0 Å². The normalized spacial score (nSPS) is 8.76. The molecule has 25 heavy (non-hydrogen) atoms. The summed E-state index contributed by atoms with van der Waals surface area (Å²) in [5.41, 5.74) is 0. The molecule has 0 nitrogen and oxygen atoms in total. The van der Waals surface area contributed by atoms with E-state index in [1.807, 2.05) is 72.8 Å². The molecule has 0 saturated heterocycles. The van der Waals surface area contributed by atoms with Crippen LogP contribution in [0.1, 0.15) is 0 Å². The summed E-state index contributed by atoms with van der Waals surface area (Å²) >= 11 is 24.6. The SMILES string of the molecule is [S-]c1ccccc1Br.[S-]c1ccccc1Br.[S-]c1ccccc1Br.[Yb+3]. The van der Waals surface area contributed by atoms with E-state index in [4.69, 9.17) is 37.9 Å². The quantitative estimate of drug-likeness (QED) is 0.227. The smallest absolute Gasteiger partial charge is 0.779 e. The minimum absolute atomic E-state index is 0. The molecule has 0 aliphatic heterocycles. The van der Waals surface area contributed by atoms with Gasteiger partial charge >= 0.3 is 46.9 Å². The Balaban J connectivity index is 0.000000339. The fraction of sp³-hybridized carbons (Fsp3) is 0. The van der Waals surface area contributed by atoms with Gasteiger partial charge in [-0.15, -0.1) is 0 Å². The van der Waals surface area contributed by atoms with Crippen molar-refractivity contribution in [2.24, 2.45) is 0 Å². The second kappa shape index (κ2) is 15.2. The van der Waals surface area contributed by atoms with Crippen LogP contribution in [0.4, 0.5) is 0 Å². The second-order valence-corrected chi connectivity index (χ2v) is 8.17. The van der Waals surface area contributed by atoms with Crippen molar-refractivity contribution in [3.63, 3.8) is 0 Å². The fourth-order valence-electron chi connectivity index (χ4n) is 1.33. The molecule has 0 heterocycles. The van der Waals surface area contributed by atoms with E-state index in [0.29, 0.717) is 0 Å². The minimum Gasteiger partial charge on any atom is -0.779 e. The zero-order valence-electron chi connectivity index (χ0n) is 12.6. The topological polar surface area (TPSA) is 0 Å². The van der Waals surface area contributed by atoms with Gasteiger partial charge < -0.3 is 37.9 Å². The molecule has 7 heteroatoms. The summed E-state index contributed by atoms with van der Waals surface area (Å²) in [6.45, 7) is 0. The molecule has 0 spiro atoms. The first kappa shape index (κ1) is 26.3. The molecule has 137 valence electrons. The summed E-state index contributed by atoms with van der Waals surface area (Å²) in [6.07, 6.45) is 0. The molecule has 0 aliphatic rings. The molecule has 0 atom stereocenters. The molecule has 0 amide bonds. The van der Waals surface area contributed by atoms with Gasteiger partial charge in [-0.3, -0.25) is 0 Å². The third kappa shape index (κ3) is 11.7. The van der Waals surface area contributed by atoms with Crippen molar-refractivity contribution < 1.29 is 46.9 Å². The molecular formula is C18H12Br3S3Yb. The summed E-state index contributed by atoms with van der Waals surface area (Å²) in [6, 6.07) is 23.1. The van der Waals surface area contributed by atoms with Crippen molar-refractivity contribution in [1.29, 1.82) is 0 Å². The van der Waals surface area contributed by atoms with Crippen molar-refractivity contribution >= 4 is 85.7 Å². The molecule has 0 fully saturated rings. The molecule has 3 aromatic carbocycles. The number of halogens is 3. The van der Waals surface area contributed by atoms with E-state index in [2.05, 4.69) is 47.8 Å². The predicted octanol–water partition coefficient (Wildman–Crippen LogP) is 7.06. The summed E-state index contributed by atoms with van der Waals surface area (Å²) in [7, 11) is 0. The molecule has 3 aromatic rings. The van der Waals surface area contributed by atoms with Crippen molar-refractivity contribution in [1.82, 2.24) is 0 Å². The van der Waals surface area contributed by atoms with E-state index in [1.165, 1.54) is 0 Å². The Morgan fingerprint density at radius 3 is 0.760 bits per heavy atom. The van der Waals surface area contributed by atoms with Gasteiger partial charge in [0.05, 0.1) is 0 Å². The van der Waals surface area contributed by atoms with Crippen LogP contribution in [0.3, 0.4) is 0 Å². The van der Waals surface area contributed by atoms with Crippen molar-refractivity contribution in [3.8, 4) is 0 Å². The molecule has 3 rings (SSSR count). The van der Waals surface area contributed by atoms with Gasteiger partial charge in [-0.05, 0) is 31.6 Å². The molecule has 1 radical (unpaired) electrons. The monoisotopic (exact) mass is 735 g/mol. The average molecular weight is 737 g/mol. The Morgan fingerprint density at radius 1 is 0.440 bits per heavy atom. The van der Waals surface area contributed by atoms with Gasteiger partial charge in [0.2, 0.25) is 0 Å². The van der Waals surface area contributed by atoms with E-state index in [1.54, 1.807) is 0 Å². The Hall–Kier alpha value is 1.28. The van der Waals surface area contributed by atoms with Crippen LogP contribution in [0.15, 0.2) is 101 Å². The third-order valence-electron chi connectivity index (χ3n) is 2.51. The van der Waals surface area contributed by atoms with E-state index in [0.717, 1.165) is 28.1 Å². The first-order valence-electron chi connectivity index (χ1n) is 6.66. The number of hydrogen-bond acceptors (Lipinski definition) is 3. The average Bonchev–Trinajstić information content (AvgIpc) is 2.57. The van der Waals surface area contributed by atoms with E-state index < -0.39 is 0 Å². The van der Waals surface area contributed by atoms with Crippen molar-refractivity contribution in [2.45, 2.75) is 14.7 Å². The standard InChI is InChI=1S/3C6H5BrS.Yb/c3*7-5-3-1-2-4-6(5)8;/h3*1-4,8H;/q;;;+3/p-3. The van der Waals surface area contributed by atoms with Crippen molar-refractivity contribution in [3.05, 3.63) is 86.2 Å². The van der Waals surface area contributed by atoms with E-state index in [-0.39, 0.29) is 46.9 Å². The van der Waals surface area contributed by atoms with Gasteiger partial charge in [-0.2, -0.15) is 14.7 Å². The molecule has 0 bridgehead atoms. The largest absolute Gasteiger partial charge is 3.00 e. The van der Waals surface area contributed by atoms with Crippen LogP contribution < -0.4 is 0 Å². The van der Waals surface area contributed by atoms with Crippen LogP contribution in [0.2, 0.25) is 0 Å². The summed E-state index contributed by atoms with van der Waals surface area (Å²) in [5, 5.41) is 0. The zero-order valence-corrected chi connectivity index (χ0v) is 21.5. The minimum atomic E-state index is 0.